The maximum atomic E-state index is 12.7. The lowest BCUT2D eigenvalue weighted by atomic mass is 9.58. The highest BCUT2D eigenvalue weighted by atomic mass is 16.2. The molecule has 0 saturated heterocycles. The zero-order valence-corrected chi connectivity index (χ0v) is 11.1. The monoisotopic (exact) mass is 232 g/mol. The summed E-state index contributed by atoms with van der Waals surface area (Å²) >= 11 is 0. The number of allylic oxidation sites excluding steroid dienone is 4. The second kappa shape index (κ2) is 3.66. The molecule has 2 unspecified atom stereocenters. The molecule has 17 heavy (non-hydrogen) atoms. The fraction of sp³-hybridized carbons (Fsp3) is 0.600. The van der Waals surface area contributed by atoms with Gasteiger partial charge in [-0.25, -0.2) is 0 Å². The molecule has 0 aromatic rings. The number of carbonyl (C=O) groups excluding carboxylic acids is 2. The molecule has 2 aliphatic carbocycles. The van der Waals surface area contributed by atoms with Gasteiger partial charge < -0.3 is 0 Å². The average Bonchev–Trinajstić information content (AvgIpc) is 2.83. The number of rotatable bonds is 2. The van der Waals surface area contributed by atoms with Crippen LogP contribution in [0.25, 0.3) is 0 Å². The lowest BCUT2D eigenvalue weighted by Crippen LogP contribution is -2.50. The Labute approximate surface area is 103 Å². The quantitative estimate of drug-likeness (QED) is 0.685. The Balaban J connectivity index is 2.67. The molecule has 0 heterocycles. The SMILES string of the molecule is CCC1(C)C(=O)C2=C(C=CC2)C(C)(CC)C1=O. The van der Waals surface area contributed by atoms with E-state index in [0.717, 1.165) is 17.6 Å². The van der Waals surface area contributed by atoms with Gasteiger partial charge in [-0.2, -0.15) is 0 Å². The van der Waals surface area contributed by atoms with Crippen LogP contribution in [0.5, 0.6) is 0 Å². The first-order valence-electron chi connectivity index (χ1n) is 6.41. The fourth-order valence-corrected chi connectivity index (χ4v) is 3.08. The largest absolute Gasteiger partial charge is 0.298 e. The van der Waals surface area contributed by atoms with Crippen molar-refractivity contribution in [2.24, 2.45) is 10.8 Å². The summed E-state index contributed by atoms with van der Waals surface area (Å²) in [5.74, 6) is 0.154. The lowest BCUT2D eigenvalue weighted by Gasteiger charge is -2.42. The van der Waals surface area contributed by atoms with Crippen molar-refractivity contribution in [2.75, 3.05) is 0 Å². The van der Waals surface area contributed by atoms with Gasteiger partial charge in [0.2, 0.25) is 0 Å². The molecule has 2 heteroatoms. The second-order valence-corrected chi connectivity index (χ2v) is 5.53. The first-order chi connectivity index (χ1) is 7.91. The summed E-state index contributed by atoms with van der Waals surface area (Å²) in [6, 6.07) is 0. The smallest absolute Gasteiger partial charge is 0.172 e. The summed E-state index contributed by atoms with van der Waals surface area (Å²) in [6.45, 7) is 7.76. The van der Waals surface area contributed by atoms with Gasteiger partial charge in [-0.05, 0) is 38.7 Å². The van der Waals surface area contributed by atoms with Gasteiger partial charge in [-0.1, -0.05) is 26.0 Å². The Morgan fingerprint density at radius 3 is 2.24 bits per heavy atom. The van der Waals surface area contributed by atoms with Crippen molar-refractivity contribution in [3.05, 3.63) is 23.3 Å². The van der Waals surface area contributed by atoms with Crippen LogP contribution >= 0.6 is 0 Å². The third kappa shape index (κ3) is 1.33. The molecule has 0 amide bonds. The van der Waals surface area contributed by atoms with Crippen molar-refractivity contribution in [3.8, 4) is 0 Å². The van der Waals surface area contributed by atoms with E-state index >= 15 is 0 Å². The summed E-state index contributed by atoms with van der Waals surface area (Å²) in [5, 5.41) is 0. The highest BCUT2D eigenvalue weighted by molar-refractivity contribution is 6.20. The Morgan fingerprint density at radius 1 is 1.12 bits per heavy atom. The number of ketones is 2. The summed E-state index contributed by atoms with van der Waals surface area (Å²) in [5.41, 5.74) is 0.565. The van der Waals surface area contributed by atoms with Crippen molar-refractivity contribution >= 4 is 11.6 Å². The molecule has 2 nitrogen and oxygen atoms in total. The normalized spacial score (nSPS) is 36.7. The van der Waals surface area contributed by atoms with Crippen LogP contribution in [0.4, 0.5) is 0 Å². The van der Waals surface area contributed by atoms with Crippen LogP contribution in [0.15, 0.2) is 23.3 Å². The number of hydrogen-bond acceptors (Lipinski definition) is 2. The van der Waals surface area contributed by atoms with Crippen molar-refractivity contribution in [1.29, 1.82) is 0 Å². The van der Waals surface area contributed by atoms with Crippen LogP contribution in [0.2, 0.25) is 0 Å². The standard InChI is InChI=1S/C15H20O2/c1-5-14(3)11-9-7-8-10(11)12(16)15(4,6-2)13(14)17/h7,9H,5-6,8H2,1-4H3. The molecule has 0 aromatic heterocycles. The van der Waals surface area contributed by atoms with Gasteiger partial charge in [0.15, 0.2) is 11.6 Å². The van der Waals surface area contributed by atoms with Crippen LogP contribution < -0.4 is 0 Å². The van der Waals surface area contributed by atoms with Gasteiger partial charge in [-0.15, -0.1) is 0 Å². The molecule has 0 spiro atoms. The van der Waals surface area contributed by atoms with Gasteiger partial charge in [0.1, 0.15) is 0 Å². The number of Topliss-reactive ketones (excluding diaryl/α,β-unsaturated/α-hetero) is 2. The van der Waals surface area contributed by atoms with Gasteiger partial charge in [0.05, 0.1) is 10.8 Å². The Bertz CT molecular complexity index is 456. The van der Waals surface area contributed by atoms with Crippen LogP contribution in [-0.2, 0) is 9.59 Å². The van der Waals surface area contributed by atoms with Gasteiger partial charge in [0, 0.05) is 5.57 Å². The van der Waals surface area contributed by atoms with Crippen LogP contribution in [0, 0.1) is 10.8 Å². The zero-order valence-electron chi connectivity index (χ0n) is 11.1. The predicted molar refractivity (Wildman–Crippen MR) is 67.6 cm³/mol. The molecule has 0 N–H and O–H groups in total. The second-order valence-electron chi connectivity index (χ2n) is 5.53. The predicted octanol–water partition coefficient (Wildman–Crippen LogP) is 3.23. The summed E-state index contributed by atoms with van der Waals surface area (Å²) in [6.07, 6.45) is 6.04. The van der Waals surface area contributed by atoms with Crippen molar-refractivity contribution in [1.82, 2.24) is 0 Å². The molecule has 0 bridgehead atoms. The van der Waals surface area contributed by atoms with Gasteiger partial charge >= 0.3 is 0 Å². The van der Waals surface area contributed by atoms with E-state index in [-0.39, 0.29) is 11.6 Å². The summed E-state index contributed by atoms with van der Waals surface area (Å²) in [7, 11) is 0. The third-order valence-electron chi connectivity index (χ3n) is 4.72. The van der Waals surface area contributed by atoms with E-state index in [1.54, 1.807) is 0 Å². The molecule has 0 fully saturated rings. The topological polar surface area (TPSA) is 34.1 Å². The van der Waals surface area contributed by atoms with E-state index in [0.29, 0.717) is 12.8 Å². The molecule has 2 rings (SSSR count). The first-order valence-corrected chi connectivity index (χ1v) is 6.41. The zero-order chi connectivity index (χ0) is 12.8. The minimum Gasteiger partial charge on any atom is -0.298 e. The molecule has 0 radical (unpaired) electrons. The highest BCUT2D eigenvalue weighted by Gasteiger charge is 2.54. The third-order valence-corrected chi connectivity index (χ3v) is 4.72. The summed E-state index contributed by atoms with van der Waals surface area (Å²) in [4.78, 5) is 25.2. The van der Waals surface area contributed by atoms with E-state index < -0.39 is 10.8 Å². The van der Waals surface area contributed by atoms with E-state index in [9.17, 15) is 9.59 Å². The van der Waals surface area contributed by atoms with Crippen molar-refractivity contribution in [3.63, 3.8) is 0 Å². The Morgan fingerprint density at radius 2 is 1.71 bits per heavy atom. The fourth-order valence-electron chi connectivity index (χ4n) is 3.08. The minimum absolute atomic E-state index is 0.0518. The molecule has 2 atom stereocenters. The maximum Gasteiger partial charge on any atom is 0.172 e. The highest BCUT2D eigenvalue weighted by Crippen LogP contribution is 2.50. The minimum atomic E-state index is -0.810. The molecule has 2 aliphatic rings. The average molecular weight is 232 g/mol. The molecular formula is C15H20O2. The number of hydrogen-bond donors (Lipinski definition) is 0. The van der Waals surface area contributed by atoms with E-state index in [1.165, 1.54) is 0 Å². The van der Waals surface area contributed by atoms with Gasteiger partial charge in [-0.3, -0.25) is 9.59 Å². The molecule has 0 aromatic carbocycles. The number of carbonyl (C=O) groups is 2. The van der Waals surface area contributed by atoms with Crippen molar-refractivity contribution < 1.29 is 9.59 Å². The summed E-state index contributed by atoms with van der Waals surface area (Å²) < 4.78 is 0. The molecular weight excluding hydrogens is 212 g/mol. The van der Waals surface area contributed by atoms with E-state index in [4.69, 9.17) is 0 Å². The molecule has 0 aliphatic heterocycles. The Kier molecular flexibility index (Phi) is 2.64. The lowest BCUT2D eigenvalue weighted by molar-refractivity contribution is -0.145. The van der Waals surface area contributed by atoms with Crippen molar-refractivity contribution in [2.45, 2.75) is 47.0 Å². The Hall–Kier alpha value is -1.18. The van der Waals surface area contributed by atoms with Gasteiger partial charge in [0.25, 0.3) is 0 Å². The van der Waals surface area contributed by atoms with Crippen LogP contribution in [-0.4, -0.2) is 11.6 Å². The first kappa shape index (κ1) is 12.3. The van der Waals surface area contributed by atoms with Crippen LogP contribution in [0.3, 0.4) is 0 Å². The molecule has 0 saturated carbocycles. The van der Waals surface area contributed by atoms with E-state index in [1.807, 2.05) is 39.8 Å². The maximum absolute atomic E-state index is 12.7. The van der Waals surface area contributed by atoms with E-state index in [2.05, 4.69) is 0 Å². The molecule has 92 valence electrons. The van der Waals surface area contributed by atoms with Crippen LogP contribution in [0.1, 0.15) is 47.0 Å².